The molecule has 1 aromatic carbocycles. The van der Waals surface area contributed by atoms with Crippen LogP contribution in [-0.2, 0) is 11.2 Å². The van der Waals surface area contributed by atoms with E-state index in [-0.39, 0.29) is 11.9 Å². The summed E-state index contributed by atoms with van der Waals surface area (Å²) < 4.78 is 0. The summed E-state index contributed by atoms with van der Waals surface area (Å²) in [6.45, 7) is 4.75. The van der Waals surface area contributed by atoms with Crippen molar-refractivity contribution in [2.45, 2.75) is 32.7 Å². The third kappa shape index (κ3) is 3.61. The lowest BCUT2D eigenvalue weighted by Crippen LogP contribution is -2.41. The van der Waals surface area contributed by atoms with Gasteiger partial charge < -0.3 is 16.0 Å². The number of H-pyrrole nitrogens is 1. The van der Waals surface area contributed by atoms with Gasteiger partial charge in [0.2, 0.25) is 5.91 Å². The molecule has 0 fully saturated rings. The molecule has 4 N–H and O–H groups in total. The molecule has 0 aliphatic rings. The molecule has 1 atom stereocenters. The van der Waals surface area contributed by atoms with Crippen molar-refractivity contribution in [3.05, 3.63) is 36.0 Å². The van der Waals surface area contributed by atoms with E-state index < -0.39 is 0 Å². The molecule has 0 aliphatic heterocycles. The van der Waals surface area contributed by atoms with Crippen molar-refractivity contribution in [3.8, 4) is 0 Å². The molecule has 4 nitrogen and oxygen atoms in total. The van der Waals surface area contributed by atoms with Crippen molar-refractivity contribution in [1.82, 2.24) is 10.3 Å². The lowest BCUT2D eigenvalue weighted by Gasteiger charge is -2.18. The van der Waals surface area contributed by atoms with E-state index in [4.69, 9.17) is 5.73 Å². The van der Waals surface area contributed by atoms with Crippen molar-refractivity contribution in [2.75, 3.05) is 6.54 Å². The van der Waals surface area contributed by atoms with E-state index in [0.717, 1.165) is 22.9 Å². The summed E-state index contributed by atoms with van der Waals surface area (Å²) in [4.78, 5) is 15.3. The number of hydrogen-bond acceptors (Lipinski definition) is 2. The zero-order valence-electron chi connectivity index (χ0n) is 12.1. The molecule has 1 aromatic heterocycles. The maximum absolute atomic E-state index is 12.1. The fraction of sp³-hybridized carbons (Fsp3) is 0.438. The lowest BCUT2D eigenvalue weighted by molar-refractivity contribution is -0.121. The number of hydrogen-bond donors (Lipinski definition) is 3. The number of nitrogens with two attached hydrogens (primary N) is 1. The second-order valence-corrected chi connectivity index (χ2v) is 5.67. The van der Waals surface area contributed by atoms with Crippen LogP contribution in [0.1, 0.15) is 25.8 Å². The summed E-state index contributed by atoms with van der Waals surface area (Å²) >= 11 is 0. The average molecular weight is 273 g/mol. The van der Waals surface area contributed by atoms with Crippen LogP contribution in [-0.4, -0.2) is 23.5 Å². The first-order chi connectivity index (χ1) is 9.60. The molecular formula is C16H23N3O. The average Bonchev–Trinajstić information content (AvgIpc) is 2.81. The quantitative estimate of drug-likeness (QED) is 0.755. The maximum Gasteiger partial charge on any atom is 0.224 e. The SMILES string of the molecule is CC(C)CC(CN)NC(=O)Cc1c[nH]c2ccccc12. The molecule has 2 aromatic rings. The van der Waals surface area contributed by atoms with Crippen molar-refractivity contribution < 1.29 is 4.79 Å². The van der Waals surface area contributed by atoms with E-state index in [1.165, 1.54) is 0 Å². The second kappa shape index (κ2) is 6.57. The normalized spacial score (nSPS) is 12.8. The first-order valence-electron chi connectivity index (χ1n) is 7.14. The van der Waals surface area contributed by atoms with Gasteiger partial charge in [-0.05, 0) is 24.0 Å². The maximum atomic E-state index is 12.1. The second-order valence-electron chi connectivity index (χ2n) is 5.67. The minimum absolute atomic E-state index is 0.0332. The van der Waals surface area contributed by atoms with Crippen LogP contribution < -0.4 is 11.1 Å². The van der Waals surface area contributed by atoms with Gasteiger partial charge in [-0.1, -0.05) is 32.0 Å². The highest BCUT2D eigenvalue weighted by Gasteiger charge is 2.14. The Labute approximate surface area is 119 Å². The highest BCUT2D eigenvalue weighted by Crippen LogP contribution is 2.18. The molecule has 0 bridgehead atoms. The number of benzene rings is 1. The predicted molar refractivity (Wildman–Crippen MR) is 82.4 cm³/mol. The molecule has 2 rings (SSSR count). The fourth-order valence-corrected chi connectivity index (χ4v) is 2.51. The summed E-state index contributed by atoms with van der Waals surface area (Å²) in [7, 11) is 0. The number of aromatic nitrogens is 1. The van der Waals surface area contributed by atoms with E-state index >= 15 is 0 Å². The molecule has 0 aliphatic carbocycles. The van der Waals surface area contributed by atoms with E-state index in [1.54, 1.807) is 0 Å². The molecule has 108 valence electrons. The number of rotatable bonds is 6. The van der Waals surface area contributed by atoms with E-state index in [0.29, 0.717) is 18.9 Å². The van der Waals surface area contributed by atoms with Crippen molar-refractivity contribution >= 4 is 16.8 Å². The Morgan fingerprint density at radius 2 is 2.10 bits per heavy atom. The predicted octanol–water partition coefficient (Wildman–Crippen LogP) is 2.20. The lowest BCUT2D eigenvalue weighted by atomic mass is 10.0. The number of carbonyl (C=O) groups excluding carboxylic acids is 1. The van der Waals surface area contributed by atoms with Gasteiger partial charge in [-0.2, -0.15) is 0 Å². The number of carbonyl (C=O) groups is 1. The minimum atomic E-state index is 0.0332. The molecule has 0 radical (unpaired) electrons. The van der Waals surface area contributed by atoms with Gasteiger partial charge in [0, 0.05) is 29.7 Å². The first kappa shape index (κ1) is 14.6. The number of nitrogens with one attached hydrogen (secondary N) is 2. The fourth-order valence-electron chi connectivity index (χ4n) is 2.51. The molecule has 0 saturated carbocycles. The number of para-hydroxylation sites is 1. The largest absolute Gasteiger partial charge is 0.361 e. The standard InChI is InChI=1S/C16H23N3O/c1-11(2)7-13(9-17)19-16(20)8-12-10-18-15-6-4-3-5-14(12)15/h3-6,10-11,13,18H,7-9,17H2,1-2H3,(H,19,20). The summed E-state index contributed by atoms with van der Waals surface area (Å²) in [5, 5.41) is 4.13. The highest BCUT2D eigenvalue weighted by molar-refractivity contribution is 5.88. The zero-order chi connectivity index (χ0) is 14.5. The van der Waals surface area contributed by atoms with Crippen LogP contribution in [0.5, 0.6) is 0 Å². The van der Waals surface area contributed by atoms with Crippen molar-refractivity contribution in [2.24, 2.45) is 11.7 Å². The number of aromatic amines is 1. The van der Waals surface area contributed by atoms with Crippen LogP contribution in [0.15, 0.2) is 30.5 Å². The van der Waals surface area contributed by atoms with Gasteiger partial charge in [0.05, 0.1) is 6.42 Å². The van der Waals surface area contributed by atoms with Crippen LogP contribution in [0, 0.1) is 5.92 Å². The van der Waals surface area contributed by atoms with Gasteiger partial charge in [0.25, 0.3) is 0 Å². The van der Waals surface area contributed by atoms with Crippen LogP contribution >= 0.6 is 0 Å². The number of amides is 1. The Balaban J connectivity index is 2.00. The summed E-state index contributed by atoms with van der Waals surface area (Å²) in [5.41, 5.74) is 7.80. The topological polar surface area (TPSA) is 70.9 Å². The Hall–Kier alpha value is -1.81. The molecule has 1 amide bonds. The third-order valence-corrected chi connectivity index (χ3v) is 3.43. The summed E-state index contributed by atoms with van der Waals surface area (Å²) in [5.74, 6) is 0.558. The molecular weight excluding hydrogens is 250 g/mol. The monoisotopic (exact) mass is 273 g/mol. The van der Waals surface area contributed by atoms with Gasteiger partial charge >= 0.3 is 0 Å². The van der Waals surface area contributed by atoms with Gasteiger partial charge in [0.1, 0.15) is 0 Å². The molecule has 20 heavy (non-hydrogen) atoms. The van der Waals surface area contributed by atoms with Crippen LogP contribution in [0.4, 0.5) is 0 Å². The molecule has 0 spiro atoms. The van der Waals surface area contributed by atoms with Gasteiger partial charge in [-0.3, -0.25) is 4.79 Å². The van der Waals surface area contributed by atoms with E-state index in [2.05, 4.69) is 24.1 Å². The highest BCUT2D eigenvalue weighted by atomic mass is 16.1. The molecule has 4 heteroatoms. The minimum Gasteiger partial charge on any atom is -0.361 e. The van der Waals surface area contributed by atoms with Crippen molar-refractivity contribution in [3.63, 3.8) is 0 Å². The van der Waals surface area contributed by atoms with Gasteiger partial charge in [0.15, 0.2) is 0 Å². The Morgan fingerprint density at radius 3 is 2.80 bits per heavy atom. The Bertz CT molecular complexity index is 574. The molecule has 0 saturated heterocycles. The Kier molecular flexibility index (Phi) is 4.79. The smallest absolute Gasteiger partial charge is 0.224 e. The Morgan fingerprint density at radius 1 is 1.35 bits per heavy atom. The van der Waals surface area contributed by atoms with Gasteiger partial charge in [-0.15, -0.1) is 0 Å². The summed E-state index contributed by atoms with van der Waals surface area (Å²) in [6, 6.07) is 8.07. The van der Waals surface area contributed by atoms with Crippen LogP contribution in [0.3, 0.4) is 0 Å². The van der Waals surface area contributed by atoms with Crippen LogP contribution in [0.25, 0.3) is 10.9 Å². The molecule has 1 heterocycles. The summed E-state index contributed by atoms with van der Waals surface area (Å²) in [6.07, 6.45) is 3.21. The molecule has 1 unspecified atom stereocenters. The zero-order valence-corrected chi connectivity index (χ0v) is 12.1. The third-order valence-electron chi connectivity index (χ3n) is 3.43. The first-order valence-corrected chi connectivity index (χ1v) is 7.14. The number of fused-ring (bicyclic) bond motifs is 1. The van der Waals surface area contributed by atoms with Crippen molar-refractivity contribution in [1.29, 1.82) is 0 Å². The van der Waals surface area contributed by atoms with E-state index in [1.807, 2.05) is 30.5 Å². The van der Waals surface area contributed by atoms with Gasteiger partial charge in [-0.25, -0.2) is 0 Å². The van der Waals surface area contributed by atoms with E-state index in [9.17, 15) is 4.79 Å². The van der Waals surface area contributed by atoms with Crippen LogP contribution in [0.2, 0.25) is 0 Å².